The maximum Gasteiger partial charge on any atom is 0.278 e. The van der Waals surface area contributed by atoms with Crippen LogP contribution in [0.3, 0.4) is 0 Å². The molecule has 2 aromatic heterocycles. The van der Waals surface area contributed by atoms with Gasteiger partial charge < -0.3 is 9.47 Å². The van der Waals surface area contributed by atoms with Crippen LogP contribution >= 0.6 is 22.9 Å². The van der Waals surface area contributed by atoms with Crippen molar-refractivity contribution in [1.82, 2.24) is 19.9 Å². The molecule has 2 aromatic carbocycles. The van der Waals surface area contributed by atoms with Crippen LogP contribution in [0.25, 0.3) is 11.4 Å². The summed E-state index contributed by atoms with van der Waals surface area (Å²) >= 11 is 7.55. The Balaban J connectivity index is 1.22. The van der Waals surface area contributed by atoms with Crippen molar-refractivity contribution in [3.05, 3.63) is 82.1 Å². The number of hydrogen-bond donors (Lipinski definition) is 0. The van der Waals surface area contributed by atoms with E-state index in [9.17, 15) is 0 Å². The Bertz CT molecular complexity index is 1210. The summed E-state index contributed by atoms with van der Waals surface area (Å²) in [5, 5.41) is 1.35. The summed E-state index contributed by atoms with van der Waals surface area (Å²) in [7, 11) is 1.65. The van der Waals surface area contributed by atoms with Gasteiger partial charge in [-0.25, -0.2) is 15.0 Å². The smallest absolute Gasteiger partial charge is 0.278 e. The summed E-state index contributed by atoms with van der Waals surface area (Å²) in [6.07, 6.45) is 4.73. The number of thiazole rings is 1. The van der Waals surface area contributed by atoms with Gasteiger partial charge in [-0.2, -0.15) is 0 Å². The Morgan fingerprint density at radius 2 is 1.78 bits per heavy atom. The fourth-order valence-electron chi connectivity index (χ4n) is 3.62. The zero-order chi connectivity index (χ0) is 21.9. The van der Waals surface area contributed by atoms with Crippen molar-refractivity contribution in [2.24, 2.45) is 0 Å². The maximum atomic E-state index is 5.99. The molecule has 0 radical (unpaired) electrons. The molecule has 0 N–H and O–H groups in total. The summed E-state index contributed by atoms with van der Waals surface area (Å²) in [5.41, 5.74) is 3.27. The number of hydrogen-bond acceptors (Lipinski definition) is 7. The van der Waals surface area contributed by atoms with Gasteiger partial charge in [0.15, 0.2) is 5.82 Å². The molecule has 1 aliphatic rings. The third-order valence-electron chi connectivity index (χ3n) is 5.29. The SMILES string of the molecule is COc1ccc(Oc2ncc(CN3CCc4nc(-c5ccc(Cl)cc5)ncc4C3)s2)cc1. The summed E-state index contributed by atoms with van der Waals surface area (Å²) < 4.78 is 11.1. The van der Waals surface area contributed by atoms with Crippen LogP contribution in [-0.4, -0.2) is 33.5 Å². The molecule has 162 valence electrons. The van der Waals surface area contributed by atoms with E-state index in [1.807, 2.05) is 60.9 Å². The first-order valence-electron chi connectivity index (χ1n) is 10.3. The first-order valence-corrected chi connectivity index (χ1v) is 11.5. The van der Waals surface area contributed by atoms with Gasteiger partial charge >= 0.3 is 0 Å². The van der Waals surface area contributed by atoms with Gasteiger partial charge in [-0.3, -0.25) is 4.90 Å². The zero-order valence-corrected chi connectivity index (χ0v) is 19.1. The molecule has 0 atom stereocenters. The Morgan fingerprint density at radius 1 is 1.00 bits per heavy atom. The lowest BCUT2D eigenvalue weighted by atomic mass is 10.1. The molecule has 0 fully saturated rings. The molecule has 0 aliphatic carbocycles. The molecule has 4 aromatic rings. The third kappa shape index (κ3) is 4.75. The molecular weight excluding hydrogens is 444 g/mol. The van der Waals surface area contributed by atoms with E-state index >= 15 is 0 Å². The number of methoxy groups -OCH3 is 1. The Hall–Kier alpha value is -3.00. The molecule has 0 saturated carbocycles. The number of ether oxygens (including phenoxy) is 2. The maximum absolute atomic E-state index is 5.99. The second-order valence-corrected chi connectivity index (χ2v) is 9.02. The van der Waals surface area contributed by atoms with Crippen LogP contribution in [0.5, 0.6) is 16.7 Å². The number of fused-ring (bicyclic) bond motifs is 1. The van der Waals surface area contributed by atoms with Crippen molar-refractivity contribution < 1.29 is 9.47 Å². The van der Waals surface area contributed by atoms with Crippen LogP contribution in [0.1, 0.15) is 16.1 Å². The summed E-state index contributed by atoms with van der Waals surface area (Å²) in [4.78, 5) is 17.3. The van der Waals surface area contributed by atoms with E-state index in [1.54, 1.807) is 18.4 Å². The standard InChI is InChI=1S/C24H21ClN4O2S/c1-30-19-6-8-20(9-7-19)31-24-27-13-21(32-24)15-29-11-10-22-17(14-29)12-26-23(28-22)16-2-4-18(25)5-3-16/h2-9,12-13H,10-11,14-15H2,1H3. The molecule has 32 heavy (non-hydrogen) atoms. The third-order valence-corrected chi connectivity index (χ3v) is 6.40. The molecule has 8 heteroatoms. The van der Waals surface area contributed by atoms with Crippen molar-refractivity contribution in [2.45, 2.75) is 19.5 Å². The van der Waals surface area contributed by atoms with Gasteiger partial charge in [-0.05, 0) is 48.5 Å². The second kappa shape index (κ2) is 9.24. The Kier molecular flexibility index (Phi) is 6.03. The quantitative estimate of drug-likeness (QED) is 0.369. The second-order valence-electron chi connectivity index (χ2n) is 7.50. The van der Waals surface area contributed by atoms with Gasteiger partial charge in [0, 0.05) is 59.5 Å². The highest BCUT2D eigenvalue weighted by atomic mass is 35.5. The topological polar surface area (TPSA) is 60.4 Å². The minimum absolute atomic E-state index is 0.638. The van der Waals surface area contributed by atoms with Crippen LogP contribution in [0, 0.1) is 0 Å². The number of halogens is 1. The predicted octanol–water partition coefficient (Wildman–Crippen LogP) is 5.61. The van der Waals surface area contributed by atoms with E-state index in [0.717, 1.165) is 59.5 Å². The van der Waals surface area contributed by atoms with Crippen LogP contribution < -0.4 is 9.47 Å². The fourth-order valence-corrected chi connectivity index (χ4v) is 4.57. The lowest BCUT2D eigenvalue weighted by molar-refractivity contribution is 0.245. The Morgan fingerprint density at radius 3 is 2.56 bits per heavy atom. The summed E-state index contributed by atoms with van der Waals surface area (Å²) in [5.74, 6) is 2.29. The van der Waals surface area contributed by atoms with Crippen molar-refractivity contribution in [3.63, 3.8) is 0 Å². The molecule has 1 aliphatic heterocycles. The fraction of sp³-hybridized carbons (Fsp3) is 0.208. The lowest BCUT2D eigenvalue weighted by Crippen LogP contribution is -2.30. The van der Waals surface area contributed by atoms with E-state index in [2.05, 4.69) is 14.9 Å². The van der Waals surface area contributed by atoms with Gasteiger partial charge in [0.2, 0.25) is 0 Å². The van der Waals surface area contributed by atoms with Crippen molar-refractivity contribution in [2.75, 3.05) is 13.7 Å². The molecule has 6 nitrogen and oxygen atoms in total. The van der Waals surface area contributed by atoms with E-state index in [-0.39, 0.29) is 0 Å². The summed E-state index contributed by atoms with van der Waals surface area (Å²) in [6.45, 7) is 2.58. The van der Waals surface area contributed by atoms with E-state index in [1.165, 1.54) is 5.56 Å². The number of rotatable bonds is 6. The summed E-state index contributed by atoms with van der Waals surface area (Å²) in [6, 6.07) is 15.1. The van der Waals surface area contributed by atoms with Crippen LogP contribution in [0.4, 0.5) is 0 Å². The predicted molar refractivity (Wildman–Crippen MR) is 125 cm³/mol. The molecular formula is C24H21ClN4O2S. The number of aromatic nitrogens is 3. The minimum Gasteiger partial charge on any atom is -0.497 e. The van der Waals surface area contributed by atoms with Crippen molar-refractivity contribution in [1.29, 1.82) is 0 Å². The van der Waals surface area contributed by atoms with Gasteiger partial charge in [-0.1, -0.05) is 22.9 Å². The van der Waals surface area contributed by atoms with Gasteiger partial charge in [0.1, 0.15) is 11.5 Å². The largest absolute Gasteiger partial charge is 0.497 e. The van der Waals surface area contributed by atoms with Crippen LogP contribution in [0.2, 0.25) is 5.02 Å². The first kappa shape index (κ1) is 20.9. The number of benzene rings is 2. The number of nitrogens with zero attached hydrogens (tertiary/aromatic N) is 4. The van der Waals surface area contributed by atoms with Crippen molar-refractivity contribution >= 4 is 22.9 Å². The monoisotopic (exact) mass is 464 g/mol. The molecule has 0 saturated heterocycles. The van der Waals surface area contributed by atoms with Gasteiger partial charge in [0.05, 0.1) is 12.8 Å². The Labute approximate surface area is 195 Å². The molecule has 0 unspecified atom stereocenters. The van der Waals surface area contributed by atoms with Crippen LogP contribution in [0.15, 0.2) is 60.9 Å². The van der Waals surface area contributed by atoms with E-state index in [4.69, 9.17) is 26.1 Å². The lowest BCUT2D eigenvalue weighted by Gasteiger charge is -2.27. The van der Waals surface area contributed by atoms with E-state index in [0.29, 0.717) is 10.2 Å². The average Bonchev–Trinajstić information content (AvgIpc) is 3.26. The molecule has 5 rings (SSSR count). The normalized spacial score (nSPS) is 13.6. The average molecular weight is 465 g/mol. The molecule has 0 amide bonds. The molecule has 0 bridgehead atoms. The highest BCUT2D eigenvalue weighted by molar-refractivity contribution is 7.13. The highest BCUT2D eigenvalue weighted by Gasteiger charge is 2.20. The van der Waals surface area contributed by atoms with Gasteiger partial charge in [0.25, 0.3) is 5.19 Å². The van der Waals surface area contributed by atoms with E-state index < -0.39 is 0 Å². The van der Waals surface area contributed by atoms with Gasteiger partial charge in [-0.15, -0.1) is 0 Å². The first-order chi connectivity index (χ1) is 15.7. The molecule has 3 heterocycles. The minimum atomic E-state index is 0.638. The van der Waals surface area contributed by atoms with Crippen LogP contribution in [-0.2, 0) is 19.5 Å². The highest BCUT2D eigenvalue weighted by Crippen LogP contribution is 2.30. The zero-order valence-electron chi connectivity index (χ0n) is 17.5. The molecule has 0 spiro atoms. The van der Waals surface area contributed by atoms with Crippen molar-refractivity contribution in [3.8, 4) is 28.1 Å².